The highest BCUT2D eigenvalue weighted by atomic mass is 16.5. The van der Waals surface area contributed by atoms with Crippen LogP contribution in [0, 0.1) is 0 Å². The van der Waals surface area contributed by atoms with E-state index in [-0.39, 0.29) is 11.8 Å². The second kappa shape index (κ2) is 13.1. The van der Waals surface area contributed by atoms with Crippen LogP contribution in [-0.4, -0.2) is 25.7 Å². The number of hydrogen-bond donors (Lipinski definition) is 1. The number of amides is 1. The van der Waals surface area contributed by atoms with Crippen molar-refractivity contribution in [2.75, 3.05) is 19.8 Å². The molecule has 0 fully saturated rings. The lowest BCUT2D eigenvalue weighted by Gasteiger charge is -2.18. The maximum atomic E-state index is 12.8. The topological polar surface area (TPSA) is 38.3 Å². The van der Waals surface area contributed by atoms with Crippen LogP contribution >= 0.6 is 0 Å². The predicted molar refractivity (Wildman–Crippen MR) is 112 cm³/mol. The summed E-state index contributed by atoms with van der Waals surface area (Å²) in [4.78, 5) is 12.8. The third kappa shape index (κ3) is 7.96. The van der Waals surface area contributed by atoms with Crippen LogP contribution in [-0.2, 0) is 9.53 Å². The fraction of sp³-hybridized carbons (Fsp3) is 0.458. The Balaban J connectivity index is 1.73. The molecule has 0 unspecified atom stereocenters. The van der Waals surface area contributed by atoms with Gasteiger partial charge in [0.1, 0.15) is 0 Å². The molecule has 3 heteroatoms. The molecule has 0 spiro atoms. The van der Waals surface area contributed by atoms with Crippen LogP contribution in [0.15, 0.2) is 60.7 Å². The van der Waals surface area contributed by atoms with Gasteiger partial charge in [-0.15, -0.1) is 0 Å². The van der Waals surface area contributed by atoms with Gasteiger partial charge in [-0.25, -0.2) is 0 Å². The molecule has 0 atom stereocenters. The van der Waals surface area contributed by atoms with Gasteiger partial charge in [0, 0.05) is 13.2 Å². The van der Waals surface area contributed by atoms with E-state index in [0.29, 0.717) is 13.2 Å². The summed E-state index contributed by atoms with van der Waals surface area (Å²) >= 11 is 0. The van der Waals surface area contributed by atoms with Gasteiger partial charge < -0.3 is 10.1 Å². The molecule has 2 aromatic carbocycles. The molecular weight excluding hydrogens is 334 g/mol. The number of unbranched alkanes of at least 4 members (excludes halogenated alkanes) is 5. The highest BCUT2D eigenvalue weighted by molar-refractivity contribution is 5.87. The SMILES string of the molecule is CCCCCCCCOCCNC(=O)C(c1ccccc1)c1ccccc1. The molecule has 0 aliphatic rings. The Bertz CT molecular complexity index is 588. The van der Waals surface area contributed by atoms with Gasteiger partial charge in [-0.3, -0.25) is 4.79 Å². The van der Waals surface area contributed by atoms with Gasteiger partial charge >= 0.3 is 0 Å². The summed E-state index contributed by atoms with van der Waals surface area (Å²) in [7, 11) is 0. The number of ether oxygens (including phenoxy) is 1. The van der Waals surface area contributed by atoms with Crippen LogP contribution in [0.1, 0.15) is 62.5 Å². The summed E-state index contributed by atoms with van der Waals surface area (Å²) in [6, 6.07) is 19.9. The third-order valence-corrected chi connectivity index (χ3v) is 4.72. The first-order chi connectivity index (χ1) is 13.3. The number of hydrogen-bond acceptors (Lipinski definition) is 2. The summed E-state index contributed by atoms with van der Waals surface area (Å²) in [5.41, 5.74) is 2.02. The Hall–Kier alpha value is -2.13. The molecule has 0 aliphatic heterocycles. The highest BCUT2D eigenvalue weighted by Crippen LogP contribution is 2.24. The lowest BCUT2D eigenvalue weighted by molar-refractivity contribution is -0.121. The number of nitrogens with one attached hydrogen (secondary N) is 1. The second-order valence-electron chi connectivity index (χ2n) is 6.93. The average Bonchev–Trinajstić information content (AvgIpc) is 2.71. The molecule has 0 aromatic heterocycles. The fourth-order valence-corrected chi connectivity index (χ4v) is 3.22. The quantitative estimate of drug-likeness (QED) is 0.487. The molecule has 3 nitrogen and oxygen atoms in total. The van der Waals surface area contributed by atoms with Crippen LogP contribution in [0.4, 0.5) is 0 Å². The number of rotatable bonds is 13. The lowest BCUT2D eigenvalue weighted by Crippen LogP contribution is -2.32. The van der Waals surface area contributed by atoms with Crippen LogP contribution in [0.2, 0.25) is 0 Å². The van der Waals surface area contributed by atoms with Gasteiger partial charge in [0.2, 0.25) is 5.91 Å². The number of benzene rings is 2. The first-order valence-corrected chi connectivity index (χ1v) is 10.3. The van der Waals surface area contributed by atoms with Crippen molar-refractivity contribution in [2.24, 2.45) is 0 Å². The van der Waals surface area contributed by atoms with Crippen molar-refractivity contribution < 1.29 is 9.53 Å². The average molecular weight is 368 g/mol. The van der Waals surface area contributed by atoms with E-state index in [9.17, 15) is 4.79 Å². The van der Waals surface area contributed by atoms with Gasteiger partial charge in [-0.05, 0) is 17.5 Å². The summed E-state index contributed by atoms with van der Waals surface area (Å²) in [6.45, 7) is 4.13. The maximum absolute atomic E-state index is 12.8. The van der Waals surface area contributed by atoms with Gasteiger partial charge in [0.15, 0.2) is 0 Å². The van der Waals surface area contributed by atoms with Crippen molar-refractivity contribution in [2.45, 2.75) is 51.4 Å². The molecule has 2 rings (SSSR count). The van der Waals surface area contributed by atoms with Gasteiger partial charge in [-0.1, -0.05) is 99.7 Å². The second-order valence-corrected chi connectivity index (χ2v) is 6.93. The van der Waals surface area contributed by atoms with Gasteiger partial charge in [-0.2, -0.15) is 0 Å². The first-order valence-electron chi connectivity index (χ1n) is 10.3. The molecule has 27 heavy (non-hydrogen) atoms. The molecule has 1 amide bonds. The van der Waals surface area contributed by atoms with E-state index in [2.05, 4.69) is 12.2 Å². The summed E-state index contributed by atoms with van der Waals surface area (Å²) in [5.74, 6) is -0.262. The smallest absolute Gasteiger partial charge is 0.232 e. The monoisotopic (exact) mass is 367 g/mol. The number of carbonyl (C=O) groups excluding carboxylic acids is 1. The van der Waals surface area contributed by atoms with Gasteiger partial charge in [0.05, 0.1) is 12.5 Å². The van der Waals surface area contributed by atoms with Crippen molar-refractivity contribution in [1.29, 1.82) is 0 Å². The minimum Gasteiger partial charge on any atom is -0.380 e. The van der Waals surface area contributed by atoms with E-state index in [0.717, 1.165) is 24.2 Å². The standard InChI is InChI=1S/C24H33NO2/c1-2-3-4-5-6-13-19-27-20-18-25-24(26)23(21-14-9-7-10-15-21)22-16-11-8-12-17-22/h7-12,14-17,23H,2-6,13,18-20H2,1H3,(H,25,26). The van der Waals surface area contributed by atoms with Crippen molar-refractivity contribution in [3.05, 3.63) is 71.8 Å². The number of carbonyl (C=O) groups is 1. The van der Waals surface area contributed by atoms with E-state index >= 15 is 0 Å². The van der Waals surface area contributed by atoms with Crippen LogP contribution < -0.4 is 5.32 Å². The summed E-state index contributed by atoms with van der Waals surface area (Å²) < 4.78 is 5.67. The Morgan fingerprint density at radius 1 is 0.815 bits per heavy atom. The molecular formula is C24H33NO2. The molecule has 0 bridgehead atoms. The zero-order valence-corrected chi connectivity index (χ0v) is 16.5. The van der Waals surface area contributed by atoms with E-state index in [1.54, 1.807) is 0 Å². The molecule has 0 heterocycles. The molecule has 0 radical (unpaired) electrons. The van der Waals surface area contributed by atoms with E-state index in [1.165, 1.54) is 32.1 Å². The fourth-order valence-electron chi connectivity index (χ4n) is 3.22. The molecule has 0 saturated heterocycles. The minimum atomic E-state index is -0.286. The normalized spacial score (nSPS) is 10.9. The Morgan fingerprint density at radius 3 is 1.96 bits per heavy atom. The minimum absolute atomic E-state index is 0.0237. The van der Waals surface area contributed by atoms with Crippen LogP contribution in [0.25, 0.3) is 0 Å². The zero-order valence-electron chi connectivity index (χ0n) is 16.5. The summed E-state index contributed by atoms with van der Waals surface area (Å²) in [6.07, 6.45) is 7.57. The lowest BCUT2D eigenvalue weighted by atomic mass is 9.90. The zero-order chi connectivity index (χ0) is 19.2. The van der Waals surface area contributed by atoms with E-state index < -0.39 is 0 Å². The maximum Gasteiger partial charge on any atom is 0.232 e. The Kier molecular flexibility index (Phi) is 10.3. The predicted octanol–water partition coefficient (Wildman–Crippen LogP) is 5.31. The van der Waals surface area contributed by atoms with Crippen LogP contribution in [0.3, 0.4) is 0 Å². The molecule has 146 valence electrons. The van der Waals surface area contributed by atoms with Crippen molar-refractivity contribution in [3.63, 3.8) is 0 Å². The van der Waals surface area contributed by atoms with Crippen molar-refractivity contribution >= 4 is 5.91 Å². The molecule has 2 aromatic rings. The Morgan fingerprint density at radius 2 is 1.37 bits per heavy atom. The van der Waals surface area contributed by atoms with E-state index in [4.69, 9.17) is 4.74 Å². The largest absolute Gasteiger partial charge is 0.380 e. The highest BCUT2D eigenvalue weighted by Gasteiger charge is 2.21. The van der Waals surface area contributed by atoms with E-state index in [1.807, 2.05) is 60.7 Å². The van der Waals surface area contributed by atoms with Crippen LogP contribution in [0.5, 0.6) is 0 Å². The van der Waals surface area contributed by atoms with Crippen molar-refractivity contribution in [1.82, 2.24) is 5.32 Å². The van der Waals surface area contributed by atoms with Gasteiger partial charge in [0.25, 0.3) is 0 Å². The Labute approximate surface area is 164 Å². The summed E-state index contributed by atoms with van der Waals surface area (Å²) in [5, 5.41) is 3.03. The molecule has 0 saturated carbocycles. The molecule has 0 aliphatic carbocycles. The molecule has 1 N–H and O–H groups in total. The first kappa shape index (κ1) is 21.2. The third-order valence-electron chi connectivity index (χ3n) is 4.72. The van der Waals surface area contributed by atoms with Crippen molar-refractivity contribution in [3.8, 4) is 0 Å².